The van der Waals surface area contributed by atoms with Gasteiger partial charge in [0, 0.05) is 35.3 Å². The molecule has 2 heterocycles. The standard InChI is InChI=1S/C27H20ClF3N4/c1-3-24-33-14-17-12-16(5-9-23(17)35-24)25-15(2)4-7-20-19(25)10-11-32-26(20)34-18-6-8-22(28)21(13-18)27(29,30)31/h4-14H,3H2,1-2H3,(H,32,34). The maximum absolute atomic E-state index is 13.3. The average molecular weight is 493 g/mol. The van der Waals surface area contributed by atoms with E-state index in [4.69, 9.17) is 11.6 Å². The van der Waals surface area contributed by atoms with Crippen molar-refractivity contribution in [2.75, 3.05) is 5.32 Å². The van der Waals surface area contributed by atoms with Crippen LogP contribution in [0.4, 0.5) is 24.7 Å². The number of benzene rings is 3. The fraction of sp³-hybridized carbons (Fsp3) is 0.148. The highest BCUT2D eigenvalue weighted by Crippen LogP contribution is 2.39. The predicted molar refractivity (Wildman–Crippen MR) is 134 cm³/mol. The molecule has 5 aromatic rings. The Morgan fingerprint density at radius 2 is 1.77 bits per heavy atom. The van der Waals surface area contributed by atoms with Crippen LogP contribution in [-0.2, 0) is 12.6 Å². The van der Waals surface area contributed by atoms with Crippen LogP contribution < -0.4 is 5.32 Å². The summed E-state index contributed by atoms with van der Waals surface area (Å²) in [7, 11) is 0. The van der Waals surface area contributed by atoms with E-state index < -0.39 is 11.7 Å². The summed E-state index contributed by atoms with van der Waals surface area (Å²) in [5.41, 5.74) is 3.30. The monoisotopic (exact) mass is 492 g/mol. The Morgan fingerprint density at radius 3 is 2.54 bits per heavy atom. The molecule has 0 aliphatic rings. The summed E-state index contributed by atoms with van der Waals surface area (Å²) < 4.78 is 40.0. The number of aryl methyl sites for hydroxylation is 2. The highest BCUT2D eigenvalue weighted by molar-refractivity contribution is 6.31. The molecule has 0 amide bonds. The maximum atomic E-state index is 13.3. The Bertz CT molecular complexity index is 1580. The third-order valence-corrected chi connectivity index (χ3v) is 6.25. The van der Waals surface area contributed by atoms with Crippen LogP contribution >= 0.6 is 11.6 Å². The van der Waals surface area contributed by atoms with Gasteiger partial charge in [-0.05, 0) is 65.4 Å². The van der Waals surface area contributed by atoms with Gasteiger partial charge in [-0.25, -0.2) is 15.0 Å². The number of hydrogen-bond donors (Lipinski definition) is 1. The number of rotatable bonds is 4. The van der Waals surface area contributed by atoms with Crippen molar-refractivity contribution in [3.8, 4) is 11.1 Å². The van der Waals surface area contributed by atoms with Gasteiger partial charge in [-0.1, -0.05) is 36.7 Å². The van der Waals surface area contributed by atoms with E-state index in [1.165, 1.54) is 12.1 Å². The number of alkyl halides is 3. The molecule has 0 unspecified atom stereocenters. The molecule has 2 aromatic heterocycles. The van der Waals surface area contributed by atoms with Crippen LogP contribution in [0, 0.1) is 6.92 Å². The molecule has 1 N–H and O–H groups in total. The lowest BCUT2D eigenvalue weighted by atomic mass is 9.93. The van der Waals surface area contributed by atoms with E-state index >= 15 is 0 Å². The van der Waals surface area contributed by atoms with Gasteiger partial charge in [-0.15, -0.1) is 0 Å². The molecule has 0 radical (unpaired) electrons. The molecule has 176 valence electrons. The summed E-state index contributed by atoms with van der Waals surface area (Å²) in [6.45, 7) is 4.04. The zero-order valence-corrected chi connectivity index (χ0v) is 19.7. The number of nitrogens with one attached hydrogen (secondary N) is 1. The van der Waals surface area contributed by atoms with Crippen molar-refractivity contribution in [2.24, 2.45) is 0 Å². The molecular formula is C27H20ClF3N4. The molecule has 0 aliphatic heterocycles. The van der Waals surface area contributed by atoms with Gasteiger partial charge in [-0.2, -0.15) is 13.2 Å². The summed E-state index contributed by atoms with van der Waals surface area (Å²) >= 11 is 5.77. The number of anilines is 2. The van der Waals surface area contributed by atoms with E-state index in [1.54, 1.807) is 6.20 Å². The summed E-state index contributed by atoms with van der Waals surface area (Å²) in [5, 5.41) is 5.34. The van der Waals surface area contributed by atoms with Crippen molar-refractivity contribution in [2.45, 2.75) is 26.4 Å². The van der Waals surface area contributed by atoms with E-state index in [9.17, 15) is 13.2 Å². The Kier molecular flexibility index (Phi) is 5.81. The normalized spacial score (nSPS) is 11.8. The molecule has 0 fully saturated rings. The molecule has 4 nitrogen and oxygen atoms in total. The Balaban J connectivity index is 1.61. The Hall–Kier alpha value is -3.71. The third kappa shape index (κ3) is 4.39. The first-order chi connectivity index (χ1) is 16.7. The fourth-order valence-corrected chi connectivity index (χ4v) is 4.43. The van der Waals surface area contributed by atoms with Crippen molar-refractivity contribution in [1.29, 1.82) is 0 Å². The summed E-state index contributed by atoms with van der Waals surface area (Å²) in [6.07, 6.45) is -0.311. The number of halogens is 4. The highest BCUT2D eigenvalue weighted by atomic mass is 35.5. The first kappa shape index (κ1) is 23.1. The zero-order valence-electron chi connectivity index (χ0n) is 18.9. The van der Waals surface area contributed by atoms with Crippen LogP contribution in [0.3, 0.4) is 0 Å². The van der Waals surface area contributed by atoms with Crippen LogP contribution in [-0.4, -0.2) is 15.0 Å². The molecule has 3 aromatic carbocycles. The van der Waals surface area contributed by atoms with Crippen molar-refractivity contribution in [3.05, 3.63) is 89.0 Å². The van der Waals surface area contributed by atoms with E-state index in [0.29, 0.717) is 5.82 Å². The lowest BCUT2D eigenvalue weighted by Gasteiger charge is -2.16. The van der Waals surface area contributed by atoms with Crippen molar-refractivity contribution in [1.82, 2.24) is 15.0 Å². The third-order valence-electron chi connectivity index (χ3n) is 5.92. The average Bonchev–Trinajstić information content (AvgIpc) is 2.84. The summed E-state index contributed by atoms with van der Waals surface area (Å²) in [5.74, 6) is 1.25. The molecular weight excluding hydrogens is 473 g/mol. The van der Waals surface area contributed by atoms with Gasteiger partial charge in [0.2, 0.25) is 0 Å². The fourth-order valence-electron chi connectivity index (χ4n) is 4.20. The molecule has 5 rings (SSSR count). The first-order valence-corrected chi connectivity index (χ1v) is 11.4. The second kappa shape index (κ2) is 8.82. The van der Waals surface area contributed by atoms with E-state index in [1.807, 2.05) is 50.4 Å². The van der Waals surface area contributed by atoms with Crippen LogP contribution in [0.15, 0.2) is 67.0 Å². The largest absolute Gasteiger partial charge is 0.417 e. The smallest absolute Gasteiger partial charge is 0.340 e. The Labute approximate surface area is 204 Å². The SMILES string of the molecule is CCc1ncc2cc(-c3c(C)ccc4c(Nc5ccc(Cl)c(C(F)(F)F)c5)nccc34)ccc2n1. The first-order valence-electron chi connectivity index (χ1n) is 11.0. The number of aromatic nitrogens is 3. The van der Waals surface area contributed by atoms with Gasteiger partial charge in [0.1, 0.15) is 11.6 Å². The molecule has 35 heavy (non-hydrogen) atoms. The van der Waals surface area contributed by atoms with Crippen LogP contribution in [0.1, 0.15) is 23.9 Å². The molecule has 0 aliphatic carbocycles. The number of pyridine rings is 1. The molecule has 0 saturated carbocycles. The minimum absolute atomic E-state index is 0.249. The zero-order chi connectivity index (χ0) is 24.7. The van der Waals surface area contributed by atoms with Gasteiger partial charge in [0.15, 0.2) is 0 Å². The number of nitrogens with zero attached hydrogens (tertiary/aromatic N) is 3. The van der Waals surface area contributed by atoms with E-state index in [2.05, 4.69) is 26.3 Å². The van der Waals surface area contributed by atoms with Gasteiger partial charge in [0.05, 0.1) is 16.1 Å². The number of hydrogen-bond acceptors (Lipinski definition) is 4. The highest BCUT2D eigenvalue weighted by Gasteiger charge is 2.33. The van der Waals surface area contributed by atoms with E-state index in [-0.39, 0.29) is 10.7 Å². The number of fused-ring (bicyclic) bond motifs is 2. The van der Waals surface area contributed by atoms with Crippen LogP contribution in [0.5, 0.6) is 0 Å². The second-order valence-corrected chi connectivity index (χ2v) is 8.65. The Morgan fingerprint density at radius 1 is 0.943 bits per heavy atom. The lowest BCUT2D eigenvalue weighted by Crippen LogP contribution is -2.06. The molecule has 0 spiro atoms. The van der Waals surface area contributed by atoms with Gasteiger partial charge < -0.3 is 5.32 Å². The molecule has 0 bridgehead atoms. The lowest BCUT2D eigenvalue weighted by molar-refractivity contribution is -0.137. The second-order valence-electron chi connectivity index (χ2n) is 8.24. The van der Waals surface area contributed by atoms with Gasteiger partial charge >= 0.3 is 6.18 Å². The molecule has 0 atom stereocenters. The predicted octanol–water partition coefficient (Wildman–Crippen LogP) is 8.13. The van der Waals surface area contributed by atoms with Crippen LogP contribution in [0.2, 0.25) is 5.02 Å². The van der Waals surface area contributed by atoms with Crippen molar-refractivity contribution in [3.63, 3.8) is 0 Å². The van der Waals surface area contributed by atoms with Crippen molar-refractivity contribution < 1.29 is 13.2 Å². The minimum atomic E-state index is -4.55. The molecule has 0 saturated heterocycles. The topological polar surface area (TPSA) is 50.7 Å². The summed E-state index contributed by atoms with van der Waals surface area (Å²) in [4.78, 5) is 13.4. The van der Waals surface area contributed by atoms with Gasteiger partial charge in [-0.3, -0.25) is 0 Å². The van der Waals surface area contributed by atoms with Crippen molar-refractivity contribution >= 4 is 44.8 Å². The summed E-state index contributed by atoms with van der Waals surface area (Å²) in [6, 6.07) is 15.6. The van der Waals surface area contributed by atoms with Crippen LogP contribution in [0.25, 0.3) is 32.8 Å². The molecule has 8 heteroatoms. The van der Waals surface area contributed by atoms with Gasteiger partial charge in [0.25, 0.3) is 0 Å². The quantitative estimate of drug-likeness (QED) is 0.275. The van der Waals surface area contributed by atoms with E-state index in [0.717, 1.165) is 56.7 Å². The minimum Gasteiger partial charge on any atom is -0.340 e. The maximum Gasteiger partial charge on any atom is 0.417 e.